The molecule has 2 heterocycles. The van der Waals surface area contributed by atoms with Crippen LogP contribution >= 0.6 is 11.6 Å². The van der Waals surface area contributed by atoms with Gasteiger partial charge in [0.25, 0.3) is 5.91 Å². The summed E-state index contributed by atoms with van der Waals surface area (Å²) in [6, 6.07) is 16.8. The van der Waals surface area contributed by atoms with E-state index in [1.807, 2.05) is 42.6 Å². The van der Waals surface area contributed by atoms with E-state index in [1.165, 1.54) is 33.4 Å². The lowest BCUT2D eigenvalue weighted by atomic mass is 9.93. The third-order valence-corrected chi connectivity index (χ3v) is 9.61. The van der Waals surface area contributed by atoms with Crippen molar-refractivity contribution in [3.05, 3.63) is 104 Å². The summed E-state index contributed by atoms with van der Waals surface area (Å²) in [4.78, 5) is 16.4. The monoisotopic (exact) mass is 579 g/mol. The van der Waals surface area contributed by atoms with E-state index in [0.717, 1.165) is 75.9 Å². The summed E-state index contributed by atoms with van der Waals surface area (Å²) >= 11 is 6.36. The summed E-state index contributed by atoms with van der Waals surface area (Å²) in [5, 5.41) is 5.48. The van der Waals surface area contributed by atoms with Gasteiger partial charge in [0, 0.05) is 47.6 Å². The number of allylic oxidation sites excluding steroid dienone is 1. The lowest BCUT2D eigenvalue weighted by molar-refractivity contribution is -0.115. The first-order valence-electron chi connectivity index (χ1n) is 14.8. The van der Waals surface area contributed by atoms with Crippen LogP contribution in [0.4, 0.5) is 5.69 Å². The lowest BCUT2D eigenvalue weighted by Crippen LogP contribution is -2.30. The number of aryl methyl sites for hydroxylation is 5. The third kappa shape index (κ3) is 4.84. The van der Waals surface area contributed by atoms with E-state index in [0.29, 0.717) is 13.0 Å². The number of aromatic nitrogens is 2. The van der Waals surface area contributed by atoms with Crippen LogP contribution in [0.25, 0.3) is 16.7 Å². The minimum Gasteiger partial charge on any atom is -0.494 e. The summed E-state index contributed by atoms with van der Waals surface area (Å²) in [5.74, 6) is 0.960. The van der Waals surface area contributed by atoms with Gasteiger partial charge >= 0.3 is 0 Å². The molecule has 2 aliphatic rings. The second-order valence-electron chi connectivity index (χ2n) is 11.7. The van der Waals surface area contributed by atoms with Gasteiger partial charge in [-0.3, -0.25) is 9.48 Å². The first-order valence-corrected chi connectivity index (χ1v) is 15.2. The van der Waals surface area contributed by atoms with Crippen molar-refractivity contribution in [2.24, 2.45) is 7.05 Å². The van der Waals surface area contributed by atoms with Crippen LogP contribution in [0.5, 0.6) is 5.75 Å². The van der Waals surface area contributed by atoms with Crippen molar-refractivity contribution >= 4 is 28.8 Å². The molecule has 216 valence electrons. The largest absolute Gasteiger partial charge is 0.494 e. The molecule has 0 bridgehead atoms. The molecule has 0 spiro atoms. The molecule has 6 heteroatoms. The number of hydrogen-bond acceptors (Lipinski definition) is 3. The molecule has 42 heavy (non-hydrogen) atoms. The van der Waals surface area contributed by atoms with Gasteiger partial charge in [-0.25, -0.2) is 0 Å². The Morgan fingerprint density at radius 3 is 2.38 bits per heavy atom. The normalized spacial score (nSPS) is 14.0. The van der Waals surface area contributed by atoms with E-state index in [4.69, 9.17) is 21.4 Å². The molecule has 0 N–H and O–H groups in total. The number of hydrogen-bond donors (Lipinski definition) is 0. The number of ether oxygens (including phenoxy) is 1. The van der Waals surface area contributed by atoms with E-state index in [-0.39, 0.29) is 5.91 Å². The average Bonchev–Trinajstić information content (AvgIpc) is 3.63. The van der Waals surface area contributed by atoms with Crippen molar-refractivity contribution in [1.29, 1.82) is 0 Å². The van der Waals surface area contributed by atoms with Gasteiger partial charge in [0.1, 0.15) is 5.75 Å². The number of rotatable bonds is 7. The zero-order valence-corrected chi connectivity index (χ0v) is 26.2. The van der Waals surface area contributed by atoms with Gasteiger partial charge in [-0.1, -0.05) is 41.9 Å². The van der Waals surface area contributed by atoms with Crippen molar-refractivity contribution < 1.29 is 9.53 Å². The highest BCUT2D eigenvalue weighted by atomic mass is 35.5. The van der Waals surface area contributed by atoms with Gasteiger partial charge in [-0.15, -0.1) is 0 Å². The predicted octanol–water partition coefficient (Wildman–Crippen LogP) is 8.04. The number of carbonyl (C=O) groups excluding carboxylic acids is 1. The molecular weight excluding hydrogens is 542 g/mol. The Morgan fingerprint density at radius 1 is 0.952 bits per heavy atom. The quantitative estimate of drug-likeness (QED) is 0.208. The van der Waals surface area contributed by atoms with E-state index in [2.05, 4.69) is 57.2 Å². The molecule has 1 aliphatic heterocycles. The number of anilines is 1. The standard InChI is InChI=1S/C36H38ClN3O2/c1-21-10-7-14-33-27(21)15-16-40(33)36(41)32-20-31-28(11-8-12-30(31)34-24(4)38-39(6)25(34)5)29(32)13-9-17-42-26-18-22(2)35(37)23(3)19-26/h7-8,10-12,14,18-19H,9,13,15-17,20H2,1-6H3. The van der Waals surface area contributed by atoms with Crippen LogP contribution in [0.15, 0.2) is 54.1 Å². The number of carbonyl (C=O) groups is 1. The lowest BCUT2D eigenvalue weighted by Gasteiger charge is -2.20. The molecule has 6 rings (SSSR count). The van der Waals surface area contributed by atoms with E-state index < -0.39 is 0 Å². The Bertz CT molecular complexity index is 1740. The maximum absolute atomic E-state index is 14.4. The number of fused-ring (bicyclic) bond motifs is 2. The number of amides is 1. The topological polar surface area (TPSA) is 47.4 Å². The molecule has 0 saturated heterocycles. The van der Waals surface area contributed by atoms with Gasteiger partial charge in [-0.2, -0.15) is 5.10 Å². The minimum absolute atomic E-state index is 0.126. The Kier molecular flexibility index (Phi) is 7.48. The fourth-order valence-electron chi connectivity index (χ4n) is 6.81. The fourth-order valence-corrected chi connectivity index (χ4v) is 6.91. The van der Waals surface area contributed by atoms with Crippen molar-refractivity contribution in [1.82, 2.24) is 9.78 Å². The van der Waals surface area contributed by atoms with Gasteiger partial charge in [0.15, 0.2) is 0 Å². The number of halogens is 1. The summed E-state index contributed by atoms with van der Waals surface area (Å²) in [7, 11) is 1.99. The number of benzene rings is 3. The maximum Gasteiger partial charge on any atom is 0.254 e. The zero-order chi connectivity index (χ0) is 29.7. The van der Waals surface area contributed by atoms with Crippen LogP contribution in [0.3, 0.4) is 0 Å². The first kappa shape index (κ1) is 28.3. The predicted molar refractivity (Wildman–Crippen MR) is 172 cm³/mol. The third-order valence-electron chi connectivity index (χ3n) is 9.01. The van der Waals surface area contributed by atoms with Gasteiger partial charge < -0.3 is 9.64 Å². The zero-order valence-electron chi connectivity index (χ0n) is 25.4. The van der Waals surface area contributed by atoms with Crippen molar-refractivity contribution in [3.63, 3.8) is 0 Å². The molecule has 1 aromatic heterocycles. The first-order chi connectivity index (χ1) is 20.2. The Hall–Kier alpha value is -3.83. The van der Waals surface area contributed by atoms with Crippen molar-refractivity contribution in [2.75, 3.05) is 18.1 Å². The average molecular weight is 580 g/mol. The summed E-state index contributed by atoms with van der Waals surface area (Å²) < 4.78 is 8.11. The van der Waals surface area contributed by atoms with Crippen molar-refractivity contribution in [3.8, 4) is 16.9 Å². The maximum atomic E-state index is 14.4. The van der Waals surface area contributed by atoms with Crippen LogP contribution in [-0.2, 0) is 24.7 Å². The molecule has 0 saturated carbocycles. The van der Waals surface area contributed by atoms with E-state index in [9.17, 15) is 4.79 Å². The Morgan fingerprint density at radius 2 is 1.67 bits per heavy atom. The van der Waals surface area contributed by atoms with Gasteiger partial charge in [0.05, 0.1) is 12.3 Å². The molecular formula is C36H38ClN3O2. The molecule has 1 aliphatic carbocycles. The van der Waals surface area contributed by atoms with Crippen LogP contribution in [0.2, 0.25) is 5.02 Å². The molecule has 0 unspecified atom stereocenters. The molecule has 0 atom stereocenters. The summed E-state index contributed by atoms with van der Waals surface area (Å²) in [6.07, 6.45) is 3.09. The molecule has 4 aromatic rings. The molecule has 1 amide bonds. The number of nitrogens with zero attached hydrogens (tertiary/aromatic N) is 3. The Labute approximate surface area is 253 Å². The SMILES string of the molecule is Cc1cc(OCCCC2=C(C(=O)N3CCc4c(C)cccc43)Cc3c2cccc3-c2c(C)nn(C)c2C)cc(C)c1Cl. The fraction of sp³-hybridized carbons (Fsp3) is 0.333. The van der Waals surface area contributed by atoms with E-state index >= 15 is 0 Å². The molecule has 0 fully saturated rings. The van der Waals surface area contributed by atoms with Gasteiger partial charge in [-0.05, 0) is 117 Å². The second kappa shape index (κ2) is 11.1. The Balaban J connectivity index is 1.33. The van der Waals surface area contributed by atoms with Crippen molar-refractivity contribution in [2.45, 2.75) is 60.3 Å². The highest BCUT2D eigenvalue weighted by molar-refractivity contribution is 6.32. The summed E-state index contributed by atoms with van der Waals surface area (Å²) in [6.45, 7) is 11.6. The minimum atomic E-state index is 0.126. The summed E-state index contributed by atoms with van der Waals surface area (Å²) in [5.41, 5.74) is 14.6. The van der Waals surface area contributed by atoms with Gasteiger partial charge in [0.2, 0.25) is 0 Å². The molecule has 3 aromatic carbocycles. The van der Waals surface area contributed by atoms with Crippen LogP contribution in [0, 0.1) is 34.6 Å². The molecule has 5 nitrogen and oxygen atoms in total. The highest BCUT2D eigenvalue weighted by Gasteiger charge is 2.34. The van der Waals surface area contributed by atoms with Crippen LogP contribution in [-0.4, -0.2) is 28.8 Å². The van der Waals surface area contributed by atoms with E-state index in [1.54, 1.807) is 0 Å². The molecule has 0 radical (unpaired) electrons. The van der Waals surface area contributed by atoms with Crippen LogP contribution in [0.1, 0.15) is 57.6 Å². The smallest absolute Gasteiger partial charge is 0.254 e. The highest BCUT2D eigenvalue weighted by Crippen LogP contribution is 2.44. The van der Waals surface area contributed by atoms with Crippen LogP contribution < -0.4 is 9.64 Å². The second-order valence-corrected chi connectivity index (χ2v) is 12.1.